The molecule has 7 heteroatoms. The minimum Gasteiger partial charge on any atom is -0.385 e. The van der Waals surface area contributed by atoms with E-state index in [0.29, 0.717) is 0 Å². The molecule has 0 rings (SSSR count). The Hall–Kier alpha value is -1.66. The zero-order chi connectivity index (χ0) is 10.4. The molecule has 0 bridgehead atoms. The maximum atomic E-state index is 10.5. The molecule has 0 aliphatic heterocycles. The highest BCUT2D eigenvalue weighted by Gasteiger charge is 2.21. The van der Waals surface area contributed by atoms with Crippen LogP contribution in [0.3, 0.4) is 0 Å². The monoisotopic (exact) mass is 184 g/mol. The van der Waals surface area contributed by atoms with Gasteiger partial charge in [-0.3, -0.25) is 9.59 Å². The average Bonchev–Trinajstić information content (AvgIpc) is 2.02. The second kappa shape index (κ2) is 5.07. The molecule has 0 atom stereocenters. The van der Waals surface area contributed by atoms with Crippen molar-refractivity contribution in [3.63, 3.8) is 0 Å². The molecule has 0 fully saturated rings. The number of carbonyl (C=O) groups excluding carboxylic acids is 4. The summed E-state index contributed by atoms with van der Waals surface area (Å²) in [4.78, 5) is 41.5. The van der Waals surface area contributed by atoms with Crippen molar-refractivity contribution < 1.29 is 28.7 Å². The molecule has 0 N–H and O–H groups in total. The smallest absolute Gasteiger partial charge is 0.385 e. The fourth-order valence-corrected chi connectivity index (χ4v) is 0.359. The van der Waals surface area contributed by atoms with Gasteiger partial charge < -0.3 is 9.47 Å². The SMILES string of the molecule is [B]CC(=O)OC(=O)C(=O)OC(C)=O. The summed E-state index contributed by atoms with van der Waals surface area (Å²) in [6.07, 6.45) is -0.543. The normalized spacial score (nSPS) is 8.69. The van der Waals surface area contributed by atoms with Crippen LogP contribution in [0.15, 0.2) is 0 Å². The number of rotatable bonds is 1. The first-order chi connectivity index (χ1) is 5.97. The molecule has 0 unspecified atom stereocenters. The maximum absolute atomic E-state index is 10.5. The third kappa shape index (κ3) is 4.73. The van der Waals surface area contributed by atoms with Gasteiger partial charge in [-0.1, -0.05) is 0 Å². The molecule has 0 aromatic rings. The standard InChI is InChI=1S/C6H5BO6/c1-3(8)12-5(10)6(11)13-4(9)2-7/h2H2,1H3. The van der Waals surface area contributed by atoms with E-state index in [2.05, 4.69) is 9.47 Å². The molecule has 0 aromatic heterocycles. The lowest BCUT2D eigenvalue weighted by Crippen LogP contribution is -2.24. The first kappa shape index (κ1) is 11.3. The Labute approximate surface area is 74.6 Å². The summed E-state index contributed by atoms with van der Waals surface area (Å²) in [6.45, 7) is 0.927. The maximum Gasteiger partial charge on any atom is 0.425 e. The van der Waals surface area contributed by atoms with E-state index < -0.39 is 30.2 Å². The van der Waals surface area contributed by atoms with Crippen molar-refractivity contribution in [1.82, 2.24) is 0 Å². The zero-order valence-electron chi connectivity index (χ0n) is 6.73. The van der Waals surface area contributed by atoms with Gasteiger partial charge in [0.05, 0.1) is 7.85 Å². The van der Waals surface area contributed by atoms with Gasteiger partial charge in [-0.05, 0) is 0 Å². The molecule has 0 heterocycles. The van der Waals surface area contributed by atoms with E-state index in [4.69, 9.17) is 7.85 Å². The molecule has 0 saturated heterocycles. The van der Waals surface area contributed by atoms with Crippen molar-refractivity contribution in [3.8, 4) is 0 Å². The predicted octanol–water partition coefficient (Wildman–Crippen LogP) is -1.27. The van der Waals surface area contributed by atoms with E-state index >= 15 is 0 Å². The Morgan fingerprint density at radius 3 is 1.92 bits per heavy atom. The Morgan fingerprint density at radius 2 is 1.54 bits per heavy atom. The van der Waals surface area contributed by atoms with Crippen LogP contribution in [-0.4, -0.2) is 31.7 Å². The van der Waals surface area contributed by atoms with Crippen molar-refractivity contribution in [2.24, 2.45) is 0 Å². The molecule has 0 amide bonds. The molecule has 0 aliphatic carbocycles. The van der Waals surface area contributed by atoms with Crippen LogP contribution in [0.1, 0.15) is 6.92 Å². The van der Waals surface area contributed by atoms with Crippen LogP contribution in [0.4, 0.5) is 0 Å². The molecule has 2 radical (unpaired) electrons. The van der Waals surface area contributed by atoms with Crippen molar-refractivity contribution in [1.29, 1.82) is 0 Å². The topological polar surface area (TPSA) is 86.7 Å². The van der Waals surface area contributed by atoms with Crippen molar-refractivity contribution in [3.05, 3.63) is 0 Å². The second-order valence-electron chi connectivity index (χ2n) is 1.85. The molecule has 6 nitrogen and oxygen atoms in total. The molecule has 0 spiro atoms. The lowest BCUT2D eigenvalue weighted by molar-refractivity contribution is -0.176. The number of carbonyl (C=O) groups is 4. The highest BCUT2D eigenvalue weighted by atomic mass is 16.6. The lowest BCUT2D eigenvalue weighted by Gasteiger charge is -1.98. The van der Waals surface area contributed by atoms with Gasteiger partial charge in [0.15, 0.2) is 0 Å². The molecule has 0 aliphatic rings. The van der Waals surface area contributed by atoms with Gasteiger partial charge in [-0.2, -0.15) is 0 Å². The van der Waals surface area contributed by atoms with Crippen LogP contribution in [0.5, 0.6) is 0 Å². The zero-order valence-corrected chi connectivity index (χ0v) is 6.73. The van der Waals surface area contributed by atoms with E-state index in [1.165, 1.54) is 0 Å². The fraction of sp³-hybridized carbons (Fsp3) is 0.333. The minimum absolute atomic E-state index is 0.543. The number of ether oxygens (including phenoxy) is 2. The molecular formula is C6H5BO6. The summed E-state index contributed by atoms with van der Waals surface area (Å²) >= 11 is 0. The summed E-state index contributed by atoms with van der Waals surface area (Å²) < 4.78 is 7.64. The summed E-state index contributed by atoms with van der Waals surface area (Å²) in [5.74, 6) is -5.16. The highest BCUT2D eigenvalue weighted by Crippen LogP contribution is 1.88. The van der Waals surface area contributed by atoms with E-state index in [9.17, 15) is 19.2 Å². The van der Waals surface area contributed by atoms with Gasteiger partial charge >= 0.3 is 23.9 Å². The number of hydrogen-bond donors (Lipinski definition) is 0. The average molecular weight is 184 g/mol. The number of hydrogen-bond acceptors (Lipinski definition) is 6. The molecular weight excluding hydrogens is 179 g/mol. The van der Waals surface area contributed by atoms with Crippen molar-refractivity contribution >= 4 is 31.7 Å². The minimum atomic E-state index is -1.56. The Bertz CT molecular complexity index is 258. The van der Waals surface area contributed by atoms with Gasteiger partial charge in [0, 0.05) is 13.2 Å². The van der Waals surface area contributed by atoms with Gasteiger partial charge in [0.2, 0.25) is 0 Å². The first-order valence-electron chi connectivity index (χ1n) is 3.14. The Morgan fingerprint density at radius 1 is 1.08 bits per heavy atom. The van der Waals surface area contributed by atoms with E-state index in [-0.39, 0.29) is 0 Å². The van der Waals surface area contributed by atoms with E-state index in [1.807, 2.05) is 0 Å². The lowest BCUT2D eigenvalue weighted by atomic mass is 10.1. The van der Waals surface area contributed by atoms with Crippen LogP contribution >= 0.6 is 0 Å². The summed E-state index contributed by atoms with van der Waals surface area (Å²) in [7, 11) is 4.78. The fourth-order valence-electron chi connectivity index (χ4n) is 0.359. The van der Waals surface area contributed by atoms with Gasteiger partial charge in [-0.15, -0.1) is 0 Å². The largest absolute Gasteiger partial charge is 0.425 e. The van der Waals surface area contributed by atoms with Crippen molar-refractivity contribution in [2.75, 3.05) is 0 Å². The quantitative estimate of drug-likeness (QED) is 0.218. The third-order valence-electron chi connectivity index (χ3n) is 0.776. The van der Waals surface area contributed by atoms with Crippen LogP contribution in [0.2, 0.25) is 6.32 Å². The summed E-state index contributed by atoms with van der Waals surface area (Å²) in [6, 6.07) is 0. The van der Waals surface area contributed by atoms with Gasteiger partial charge in [0.25, 0.3) is 0 Å². The van der Waals surface area contributed by atoms with Crippen LogP contribution < -0.4 is 0 Å². The summed E-state index contributed by atoms with van der Waals surface area (Å²) in [5, 5.41) is 0. The van der Waals surface area contributed by atoms with Crippen LogP contribution in [0.25, 0.3) is 0 Å². The molecule has 13 heavy (non-hydrogen) atoms. The predicted molar refractivity (Wildman–Crippen MR) is 38.4 cm³/mol. The van der Waals surface area contributed by atoms with E-state index in [0.717, 1.165) is 6.92 Å². The first-order valence-corrected chi connectivity index (χ1v) is 3.14. The van der Waals surface area contributed by atoms with E-state index in [1.54, 1.807) is 0 Å². The number of esters is 4. The Balaban J connectivity index is 4.04. The summed E-state index contributed by atoms with van der Waals surface area (Å²) in [5.41, 5.74) is 0. The van der Waals surface area contributed by atoms with Crippen LogP contribution in [0, 0.1) is 0 Å². The molecule has 0 saturated carbocycles. The van der Waals surface area contributed by atoms with Gasteiger partial charge in [0.1, 0.15) is 0 Å². The molecule has 68 valence electrons. The third-order valence-corrected chi connectivity index (χ3v) is 0.776. The molecule has 0 aromatic carbocycles. The Kier molecular flexibility index (Phi) is 4.43. The highest BCUT2D eigenvalue weighted by molar-refractivity contribution is 6.34. The van der Waals surface area contributed by atoms with Crippen LogP contribution in [-0.2, 0) is 28.7 Å². The van der Waals surface area contributed by atoms with Gasteiger partial charge in [-0.25, -0.2) is 9.59 Å². The second-order valence-corrected chi connectivity index (χ2v) is 1.85. The van der Waals surface area contributed by atoms with Crippen molar-refractivity contribution in [2.45, 2.75) is 13.2 Å².